The Labute approximate surface area is 232 Å². The smallest absolute Gasteiger partial charge is 0.338 e. The monoisotopic (exact) mass is 526 g/mol. The molecule has 7 rings (SSSR count). The van der Waals surface area contributed by atoms with Crippen LogP contribution in [0.3, 0.4) is 0 Å². The van der Waals surface area contributed by atoms with Crippen LogP contribution in [0.4, 0.5) is 0 Å². The number of methoxy groups -OCH3 is 1. The second-order valence-corrected chi connectivity index (χ2v) is 12.7. The van der Waals surface area contributed by atoms with E-state index < -0.39 is 0 Å². The van der Waals surface area contributed by atoms with E-state index in [4.69, 9.17) is 9.47 Å². The van der Waals surface area contributed by atoms with Crippen molar-refractivity contribution in [3.05, 3.63) is 65.7 Å². The fourth-order valence-electron chi connectivity index (χ4n) is 8.33. The number of hydrogen-bond acceptors (Lipinski definition) is 4. The van der Waals surface area contributed by atoms with Gasteiger partial charge in [0.25, 0.3) is 0 Å². The van der Waals surface area contributed by atoms with E-state index in [-0.39, 0.29) is 12.1 Å². The molecule has 0 amide bonds. The molecule has 0 saturated heterocycles. The summed E-state index contributed by atoms with van der Waals surface area (Å²) in [5, 5.41) is 11.9. The van der Waals surface area contributed by atoms with Gasteiger partial charge >= 0.3 is 5.97 Å². The van der Waals surface area contributed by atoms with E-state index in [2.05, 4.69) is 30.3 Å². The van der Waals surface area contributed by atoms with Gasteiger partial charge in [0.2, 0.25) is 0 Å². The van der Waals surface area contributed by atoms with Crippen molar-refractivity contribution < 1.29 is 19.4 Å². The minimum atomic E-state index is -0.325. The summed E-state index contributed by atoms with van der Waals surface area (Å²) in [6.07, 6.45) is 11.9. The van der Waals surface area contributed by atoms with Crippen molar-refractivity contribution in [1.82, 2.24) is 0 Å². The molecule has 1 N–H and O–H groups in total. The molecule has 0 heterocycles. The first-order valence-corrected chi connectivity index (χ1v) is 15.0. The van der Waals surface area contributed by atoms with E-state index in [1.807, 2.05) is 31.2 Å². The van der Waals surface area contributed by atoms with Crippen molar-refractivity contribution in [2.75, 3.05) is 13.7 Å². The van der Waals surface area contributed by atoms with Crippen LogP contribution in [0, 0.1) is 17.8 Å². The maximum atomic E-state index is 12.6. The van der Waals surface area contributed by atoms with Gasteiger partial charge in [0.15, 0.2) is 0 Å². The standard InChI is InChI=1S/C35H42O4/c1-23(36)8-4-3-7-13-39-33-19-28(30-9-5-6-10-32(30)34(37)38-2)17-27-18-29(11-12-31(27)33)35-20-24-14-25(21-35)16-26(15-24)22-35/h5-6,9-12,17-19,23-26,36H,3-4,7-8,13-16,20-22H2,1-2H3. The fraction of sp³-hybridized carbons (Fsp3) is 0.514. The van der Waals surface area contributed by atoms with Crippen molar-refractivity contribution >= 4 is 16.7 Å². The molecule has 39 heavy (non-hydrogen) atoms. The Hall–Kier alpha value is -2.85. The zero-order chi connectivity index (χ0) is 27.0. The number of ether oxygens (including phenoxy) is 2. The Morgan fingerprint density at radius 2 is 1.67 bits per heavy atom. The number of fused-ring (bicyclic) bond motifs is 1. The average molecular weight is 527 g/mol. The van der Waals surface area contributed by atoms with Crippen LogP contribution in [-0.2, 0) is 10.2 Å². The molecular weight excluding hydrogens is 484 g/mol. The highest BCUT2D eigenvalue weighted by molar-refractivity contribution is 6.00. The predicted molar refractivity (Wildman–Crippen MR) is 156 cm³/mol. The van der Waals surface area contributed by atoms with Gasteiger partial charge in [-0.15, -0.1) is 0 Å². The molecule has 206 valence electrons. The summed E-state index contributed by atoms with van der Waals surface area (Å²) in [7, 11) is 1.43. The third-order valence-corrected chi connectivity index (χ3v) is 9.73. The van der Waals surface area contributed by atoms with E-state index >= 15 is 0 Å². The van der Waals surface area contributed by atoms with Gasteiger partial charge in [0.05, 0.1) is 25.4 Å². The Bertz CT molecular complexity index is 1300. The number of esters is 1. The maximum Gasteiger partial charge on any atom is 0.338 e. The van der Waals surface area contributed by atoms with Gasteiger partial charge in [-0.1, -0.05) is 42.8 Å². The number of rotatable bonds is 10. The van der Waals surface area contributed by atoms with Gasteiger partial charge in [-0.05, 0) is 128 Å². The van der Waals surface area contributed by atoms with E-state index in [1.54, 1.807) is 0 Å². The molecule has 4 nitrogen and oxygen atoms in total. The largest absolute Gasteiger partial charge is 0.493 e. The number of carbonyl (C=O) groups is 1. The normalized spacial score (nSPS) is 26.1. The van der Waals surface area contributed by atoms with Crippen molar-refractivity contribution in [2.24, 2.45) is 17.8 Å². The molecule has 0 aliphatic heterocycles. The van der Waals surface area contributed by atoms with E-state index in [1.165, 1.54) is 56.6 Å². The Morgan fingerprint density at radius 3 is 2.36 bits per heavy atom. The molecule has 0 spiro atoms. The highest BCUT2D eigenvalue weighted by Gasteiger charge is 2.51. The second kappa shape index (κ2) is 11.0. The van der Waals surface area contributed by atoms with E-state index in [0.717, 1.165) is 65.7 Å². The summed E-state index contributed by atoms with van der Waals surface area (Å²) >= 11 is 0. The molecule has 1 unspecified atom stereocenters. The van der Waals surface area contributed by atoms with Gasteiger partial charge in [-0.25, -0.2) is 4.79 Å². The molecule has 3 aromatic rings. The predicted octanol–water partition coefficient (Wildman–Crippen LogP) is 8.08. The van der Waals surface area contributed by atoms with Crippen LogP contribution >= 0.6 is 0 Å². The maximum absolute atomic E-state index is 12.6. The summed E-state index contributed by atoms with van der Waals surface area (Å²) in [5.41, 5.74) is 4.24. The van der Waals surface area contributed by atoms with Crippen molar-refractivity contribution in [3.63, 3.8) is 0 Å². The molecule has 4 aliphatic rings. The highest BCUT2D eigenvalue weighted by Crippen LogP contribution is 2.61. The van der Waals surface area contributed by atoms with Crippen LogP contribution in [0.15, 0.2) is 54.6 Å². The van der Waals surface area contributed by atoms with E-state index in [9.17, 15) is 9.90 Å². The Morgan fingerprint density at radius 1 is 0.949 bits per heavy atom. The van der Waals surface area contributed by atoms with Gasteiger partial charge in [0, 0.05) is 5.39 Å². The zero-order valence-corrected chi connectivity index (χ0v) is 23.5. The lowest BCUT2D eigenvalue weighted by Crippen LogP contribution is -2.48. The number of aliphatic hydroxyl groups excluding tert-OH is 1. The molecule has 4 saturated carbocycles. The van der Waals surface area contributed by atoms with Gasteiger partial charge in [-0.2, -0.15) is 0 Å². The van der Waals surface area contributed by atoms with Crippen LogP contribution in [0.5, 0.6) is 5.75 Å². The average Bonchev–Trinajstić information content (AvgIpc) is 2.93. The number of carbonyl (C=O) groups excluding carboxylic acids is 1. The first kappa shape index (κ1) is 26.4. The molecule has 4 fully saturated rings. The van der Waals surface area contributed by atoms with Gasteiger partial charge in [-0.3, -0.25) is 0 Å². The number of benzene rings is 3. The lowest BCUT2D eigenvalue weighted by Gasteiger charge is -2.57. The van der Waals surface area contributed by atoms with Crippen LogP contribution in [-0.4, -0.2) is 30.9 Å². The molecular formula is C35H42O4. The molecule has 0 aromatic heterocycles. The van der Waals surface area contributed by atoms with Crippen LogP contribution in [0.25, 0.3) is 21.9 Å². The second-order valence-electron chi connectivity index (χ2n) is 12.7. The third kappa shape index (κ3) is 5.33. The van der Waals surface area contributed by atoms with Crippen molar-refractivity contribution in [2.45, 2.75) is 82.7 Å². The first-order valence-electron chi connectivity index (χ1n) is 15.0. The topological polar surface area (TPSA) is 55.8 Å². The number of hydrogen-bond donors (Lipinski definition) is 1. The molecule has 0 radical (unpaired) electrons. The quantitative estimate of drug-likeness (QED) is 0.214. The lowest BCUT2D eigenvalue weighted by molar-refractivity contribution is -0.00513. The highest BCUT2D eigenvalue weighted by atomic mass is 16.5. The molecule has 4 bridgehead atoms. The minimum Gasteiger partial charge on any atom is -0.493 e. The van der Waals surface area contributed by atoms with Crippen molar-refractivity contribution in [1.29, 1.82) is 0 Å². The Kier molecular flexibility index (Phi) is 7.41. The summed E-state index contributed by atoms with van der Waals surface area (Å²) in [5.74, 6) is 3.25. The third-order valence-electron chi connectivity index (χ3n) is 9.73. The minimum absolute atomic E-state index is 0.246. The number of aliphatic hydroxyl groups is 1. The molecule has 4 heteroatoms. The zero-order valence-electron chi connectivity index (χ0n) is 23.5. The van der Waals surface area contributed by atoms with Crippen LogP contribution in [0.2, 0.25) is 0 Å². The lowest BCUT2D eigenvalue weighted by atomic mass is 9.48. The molecule has 1 atom stereocenters. The summed E-state index contributed by atoms with van der Waals surface area (Å²) in [6, 6.07) is 19.1. The van der Waals surface area contributed by atoms with Crippen LogP contribution in [0.1, 0.15) is 87.1 Å². The summed E-state index contributed by atoms with van der Waals surface area (Å²) in [4.78, 5) is 12.6. The molecule has 3 aromatic carbocycles. The SMILES string of the molecule is COC(=O)c1ccccc1-c1cc(OCCCCCC(C)O)c2ccc(C34CC5CC(CC(C5)C3)C4)cc2c1. The number of unbranched alkanes of at least 4 members (excludes halogenated alkanes) is 2. The van der Waals surface area contributed by atoms with Crippen LogP contribution < -0.4 is 4.74 Å². The van der Waals surface area contributed by atoms with Crippen molar-refractivity contribution in [3.8, 4) is 16.9 Å². The summed E-state index contributed by atoms with van der Waals surface area (Å²) in [6.45, 7) is 2.48. The fourth-order valence-corrected chi connectivity index (χ4v) is 8.33. The summed E-state index contributed by atoms with van der Waals surface area (Å²) < 4.78 is 11.5. The first-order chi connectivity index (χ1) is 18.9. The van der Waals surface area contributed by atoms with E-state index in [0.29, 0.717) is 17.6 Å². The van der Waals surface area contributed by atoms with Gasteiger partial charge < -0.3 is 14.6 Å². The van der Waals surface area contributed by atoms with Gasteiger partial charge in [0.1, 0.15) is 5.75 Å². The molecule has 4 aliphatic carbocycles. The Balaban J connectivity index is 1.36.